The van der Waals surface area contributed by atoms with Crippen molar-refractivity contribution in [3.8, 4) is 5.69 Å². The summed E-state index contributed by atoms with van der Waals surface area (Å²) in [6.45, 7) is 0.483. The van der Waals surface area contributed by atoms with E-state index in [2.05, 4.69) is 20.7 Å². The molecule has 5 rings (SSSR count). The Kier molecular flexibility index (Phi) is 7.22. The number of hydrogen-bond donors (Lipinski definition) is 1. The number of aromatic nitrogens is 5. The van der Waals surface area contributed by atoms with Crippen LogP contribution in [0.15, 0.2) is 89.9 Å². The summed E-state index contributed by atoms with van der Waals surface area (Å²) in [4.78, 5) is 26.1. The number of hydrogen-bond acceptors (Lipinski definition) is 5. The van der Waals surface area contributed by atoms with E-state index in [0.29, 0.717) is 29.3 Å². The Morgan fingerprint density at radius 2 is 1.59 bits per heavy atom. The molecule has 0 atom stereocenters. The molecule has 39 heavy (non-hydrogen) atoms. The van der Waals surface area contributed by atoms with Gasteiger partial charge in [0.05, 0.1) is 35.1 Å². The summed E-state index contributed by atoms with van der Waals surface area (Å²) in [5, 5.41) is 15.9. The first-order chi connectivity index (χ1) is 18.8. The third-order valence-corrected chi connectivity index (χ3v) is 6.15. The van der Waals surface area contributed by atoms with Gasteiger partial charge < -0.3 is 5.32 Å². The number of rotatable bonds is 8. The minimum atomic E-state index is -4.52. The van der Waals surface area contributed by atoms with E-state index in [-0.39, 0.29) is 30.0 Å². The second kappa shape index (κ2) is 10.9. The molecule has 0 aliphatic heterocycles. The zero-order chi connectivity index (χ0) is 27.4. The Morgan fingerprint density at radius 3 is 2.36 bits per heavy atom. The molecule has 3 aromatic carbocycles. The number of fused-ring (bicyclic) bond motifs is 1. The number of carbonyl (C=O) groups is 1. The average molecular weight is 533 g/mol. The van der Waals surface area contributed by atoms with E-state index in [1.165, 1.54) is 29.1 Å². The summed E-state index contributed by atoms with van der Waals surface area (Å²) in [6, 6.07) is 21.3. The molecule has 0 aliphatic carbocycles. The monoisotopic (exact) mass is 532 g/mol. The molecule has 198 valence electrons. The van der Waals surface area contributed by atoms with Crippen molar-refractivity contribution in [1.29, 1.82) is 0 Å². The predicted octanol–water partition coefficient (Wildman–Crippen LogP) is 4.41. The molecule has 8 nitrogen and oxygen atoms in total. The summed E-state index contributed by atoms with van der Waals surface area (Å²) in [5.41, 5.74) is 0.292. The first-order valence-electron chi connectivity index (χ1n) is 12.2. The van der Waals surface area contributed by atoms with Crippen molar-refractivity contribution in [3.05, 3.63) is 118 Å². The van der Waals surface area contributed by atoms with Crippen molar-refractivity contribution < 1.29 is 18.0 Å². The van der Waals surface area contributed by atoms with Gasteiger partial charge in [-0.15, -0.1) is 5.10 Å². The normalized spacial score (nSPS) is 11.6. The number of nitrogens with one attached hydrogen (secondary N) is 1. The van der Waals surface area contributed by atoms with Crippen LogP contribution in [0.1, 0.15) is 33.7 Å². The highest BCUT2D eigenvalue weighted by molar-refractivity contribution is 6.04. The maximum atomic E-state index is 13.3. The van der Waals surface area contributed by atoms with E-state index < -0.39 is 17.6 Å². The van der Waals surface area contributed by atoms with E-state index in [1.807, 2.05) is 30.3 Å². The van der Waals surface area contributed by atoms with E-state index >= 15 is 0 Å². The predicted molar refractivity (Wildman–Crippen MR) is 139 cm³/mol. The van der Waals surface area contributed by atoms with Gasteiger partial charge in [0, 0.05) is 11.9 Å². The lowest BCUT2D eigenvalue weighted by atomic mass is 10.1. The quantitative estimate of drug-likeness (QED) is 0.299. The standard InChI is InChI=1S/C28H23F3N6O2/c29-28(30,31)23-14-6-7-15-24(23)36-18-20(33-35-36)11-8-16-32-26(38)25-21-12-4-5-13-22(21)27(39)37(34-25)17-19-9-2-1-3-10-19/h1-7,9-10,12-15,18H,8,11,16-17H2,(H,32,38). The van der Waals surface area contributed by atoms with Gasteiger partial charge in [-0.3, -0.25) is 9.59 Å². The zero-order valence-electron chi connectivity index (χ0n) is 20.6. The van der Waals surface area contributed by atoms with Gasteiger partial charge in [-0.2, -0.15) is 18.3 Å². The molecule has 0 aliphatic rings. The molecule has 0 saturated carbocycles. The van der Waals surface area contributed by atoms with Gasteiger partial charge in [0.2, 0.25) is 0 Å². The Balaban J connectivity index is 1.27. The molecule has 0 bridgehead atoms. The molecule has 0 radical (unpaired) electrons. The number of benzene rings is 3. The molecule has 1 amide bonds. The first kappa shape index (κ1) is 25.8. The van der Waals surface area contributed by atoms with Crippen molar-refractivity contribution in [2.75, 3.05) is 6.54 Å². The van der Waals surface area contributed by atoms with Crippen molar-refractivity contribution in [2.24, 2.45) is 0 Å². The maximum Gasteiger partial charge on any atom is 0.418 e. The molecular formula is C28H23F3N6O2. The fraction of sp³-hybridized carbons (Fsp3) is 0.179. The molecule has 0 fully saturated rings. The molecule has 2 aromatic heterocycles. The Labute approximate surface area is 220 Å². The van der Waals surface area contributed by atoms with Crippen molar-refractivity contribution in [1.82, 2.24) is 30.1 Å². The second-order valence-corrected chi connectivity index (χ2v) is 8.87. The zero-order valence-corrected chi connectivity index (χ0v) is 20.6. The first-order valence-corrected chi connectivity index (χ1v) is 12.2. The summed E-state index contributed by atoms with van der Waals surface area (Å²) in [5.74, 6) is -0.434. The minimum absolute atomic E-state index is 0.111. The molecular weight excluding hydrogens is 509 g/mol. The highest BCUT2D eigenvalue weighted by Crippen LogP contribution is 2.33. The lowest BCUT2D eigenvalue weighted by Crippen LogP contribution is -2.31. The van der Waals surface area contributed by atoms with Gasteiger partial charge in [0.25, 0.3) is 11.5 Å². The molecule has 1 N–H and O–H groups in total. The third-order valence-electron chi connectivity index (χ3n) is 6.15. The smallest absolute Gasteiger partial charge is 0.351 e. The highest BCUT2D eigenvalue weighted by Gasteiger charge is 2.34. The van der Waals surface area contributed by atoms with Gasteiger partial charge in [0.15, 0.2) is 5.69 Å². The Hall–Kier alpha value is -4.80. The average Bonchev–Trinajstić information content (AvgIpc) is 3.41. The van der Waals surface area contributed by atoms with Crippen molar-refractivity contribution >= 4 is 16.7 Å². The van der Waals surface area contributed by atoms with Crippen LogP contribution < -0.4 is 10.9 Å². The number of alkyl halides is 3. The highest BCUT2D eigenvalue weighted by atomic mass is 19.4. The van der Waals surface area contributed by atoms with Crippen LogP contribution in [0.25, 0.3) is 16.5 Å². The van der Waals surface area contributed by atoms with Crippen LogP contribution in [0.4, 0.5) is 13.2 Å². The fourth-order valence-electron chi connectivity index (χ4n) is 4.27. The molecule has 0 saturated heterocycles. The van der Waals surface area contributed by atoms with Crippen molar-refractivity contribution in [2.45, 2.75) is 25.6 Å². The summed E-state index contributed by atoms with van der Waals surface area (Å²) in [6.07, 6.45) is -2.22. The molecule has 0 spiro atoms. The third kappa shape index (κ3) is 5.71. The summed E-state index contributed by atoms with van der Waals surface area (Å²) >= 11 is 0. The number of halogens is 3. The molecule has 2 heterocycles. The molecule has 11 heteroatoms. The van der Waals surface area contributed by atoms with Crippen LogP contribution in [0.2, 0.25) is 0 Å². The van der Waals surface area contributed by atoms with E-state index in [0.717, 1.165) is 16.3 Å². The minimum Gasteiger partial charge on any atom is -0.351 e. The lowest BCUT2D eigenvalue weighted by molar-refractivity contribution is -0.137. The van der Waals surface area contributed by atoms with Gasteiger partial charge in [-0.05, 0) is 36.6 Å². The summed E-state index contributed by atoms with van der Waals surface area (Å²) in [7, 11) is 0. The second-order valence-electron chi connectivity index (χ2n) is 8.87. The van der Waals surface area contributed by atoms with E-state index in [9.17, 15) is 22.8 Å². The van der Waals surface area contributed by atoms with Crippen LogP contribution in [-0.2, 0) is 19.1 Å². The number of carbonyl (C=O) groups excluding carboxylic acids is 1. The largest absolute Gasteiger partial charge is 0.418 e. The lowest BCUT2D eigenvalue weighted by Gasteiger charge is -2.11. The number of nitrogens with zero attached hydrogens (tertiary/aromatic N) is 5. The topological polar surface area (TPSA) is 94.7 Å². The van der Waals surface area contributed by atoms with Crippen LogP contribution in [-0.4, -0.2) is 37.2 Å². The van der Waals surface area contributed by atoms with Crippen LogP contribution in [0, 0.1) is 0 Å². The van der Waals surface area contributed by atoms with Crippen LogP contribution in [0.3, 0.4) is 0 Å². The van der Waals surface area contributed by atoms with Crippen LogP contribution in [0.5, 0.6) is 0 Å². The molecule has 0 unspecified atom stereocenters. The van der Waals surface area contributed by atoms with E-state index in [1.54, 1.807) is 24.3 Å². The maximum absolute atomic E-state index is 13.3. The van der Waals surface area contributed by atoms with Crippen molar-refractivity contribution in [3.63, 3.8) is 0 Å². The van der Waals surface area contributed by atoms with E-state index in [4.69, 9.17) is 0 Å². The summed E-state index contributed by atoms with van der Waals surface area (Å²) < 4.78 is 42.4. The SMILES string of the molecule is O=C(NCCCc1cn(-c2ccccc2C(F)(F)F)nn1)c1nn(Cc2ccccc2)c(=O)c2ccccc12. The fourth-order valence-corrected chi connectivity index (χ4v) is 4.27. The number of para-hydroxylation sites is 1. The molecule has 5 aromatic rings. The van der Waals surface area contributed by atoms with Crippen LogP contribution >= 0.6 is 0 Å². The van der Waals surface area contributed by atoms with Gasteiger partial charge in [-0.25, -0.2) is 9.36 Å². The Bertz CT molecular complexity index is 1680. The number of amides is 1. The van der Waals surface area contributed by atoms with Gasteiger partial charge in [-0.1, -0.05) is 65.9 Å². The Morgan fingerprint density at radius 1 is 0.897 bits per heavy atom. The van der Waals surface area contributed by atoms with Gasteiger partial charge >= 0.3 is 6.18 Å². The number of aryl methyl sites for hydroxylation is 1. The van der Waals surface area contributed by atoms with Gasteiger partial charge in [0.1, 0.15) is 0 Å².